The molecule has 0 saturated carbocycles. The van der Waals surface area contributed by atoms with Gasteiger partial charge in [0.05, 0.1) is 10.3 Å². The Kier molecular flexibility index (Phi) is 3.83. The zero-order valence-corrected chi connectivity index (χ0v) is 13.0. The lowest BCUT2D eigenvalue weighted by atomic mass is 10.2. The van der Waals surface area contributed by atoms with E-state index >= 15 is 0 Å². The molecule has 0 aliphatic rings. The van der Waals surface area contributed by atoms with Crippen LogP contribution in [-0.2, 0) is 16.6 Å². The van der Waals surface area contributed by atoms with Crippen LogP contribution in [0.25, 0.3) is 10.9 Å². The van der Waals surface area contributed by atoms with Crippen LogP contribution in [-0.4, -0.2) is 29.7 Å². The summed E-state index contributed by atoms with van der Waals surface area (Å²) >= 11 is 0. The number of fused-ring (bicyclic) bond motifs is 1. The van der Waals surface area contributed by atoms with Gasteiger partial charge >= 0.3 is 0 Å². The minimum absolute atomic E-state index is 0.116. The van der Waals surface area contributed by atoms with Crippen molar-refractivity contribution in [3.8, 4) is 5.75 Å². The number of rotatable bonds is 4. The lowest BCUT2D eigenvalue weighted by Crippen LogP contribution is -2.26. The van der Waals surface area contributed by atoms with Crippen LogP contribution in [0.2, 0.25) is 0 Å². The van der Waals surface area contributed by atoms with Crippen molar-refractivity contribution < 1.29 is 13.2 Å². The van der Waals surface area contributed by atoms with Gasteiger partial charge in [-0.1, -0.05) is 17.3 Å². The molecule has 23 heavy (non-hydrogen) atoms. The molecule has 118 valence electrons. The molecule has 0 N–H and O–H groups in total. The third-order valence-electron chi connectivity index (χ3n) is 3.23. The highest BCUT2D eigenvalue weighted by atomic mass is 32.2. The van der Waals surface area contributed by atoms with Crippen molar-refractivity contribution in [1.29, 1.82) is 0 Å². The van der Waals surface area contributed by atoms with Crippen LogP contribution in [0.15, 0.2) is 58.2 Å². The summed E-state index contributed by atoms with van der Waals surface area (Å²) in [6.45, 7) is -0.116. The Morgan fingerprint density at radius 2 is 1.78 bits per heavy atom. The van der Waals surface area contributed by atoms with Gasteiger partial charge in [-0.2, -0.15) is 4.68 Å². The molecular weight excluding hydrogens is 318 g/mol. The maximum atomic E-state index is 12.2. The second-order valence-electron chi connectivity index (χ2n) is 4.93. The summed E-state index contributed by atoms with van der Waals surface area (Å²) in [7, 11) is -3.25. The van der Waals surface area contributed by atoms with Crippen LogP contribution in [0.3, 0.4) is 0 Å². The van der Waals surface area contributed by atoms with Gasteiger partial charge in [-0.15, -0.1) is 5.10 Å². The van der Waals surface area contributed by atoms with Crippen molar-refractivity contribution >= 4 is 20.7 Å². The molecule has 0 radical (unpaired) electrons. The van der Waals surface area contributed by atoms with E-state index in [4.69, 9.17) is 4.74 Å². The van der Waals surface area contributed by atoms with Crippen LogP contribution >= 0.6 is 0 Å². The van der Waals surface area contributed by atoms with Crippen molar-refractivity contribution in [1.82, 2.24) is 15.0 Å². The maximum absolute atomic E-state index is 12.2. The standard InChI is InChI=1S/C15H13N3O4S/c1-23(20,21)12-8-6-11(7-9-12)22-10-18-15(19)13-4-2-3-5-14(13)16-17-18/h2-9H,10H2,1H3. The summed E-state index contributed by atoms with van der Waals surface area (Å²) in [5, 5.41) is 8.22. The summed E-state index contributed by atoms with van der Waals surface area (Å²) in [5.41, 5.74) is 0.217. The first-order valence-electron chi connectivity index (χ1n) is 6.70. The number of nitrogens with zero attached hydrogens (tertiary/aromatic N) is 3. The van der Waals surface area contributed by atoms with Crippen LogP contribution < -0.4 is 10.3 Å². The molecule has 0 bridgehead atoms. The molecule has 0 aliphatic carbocycles. The van der Waals surface area contributed by atoms with Gasteiger partial charge in [-0.3, -0.25) is 4.79 Å². The Hall–Kier alpha value is -2.74. The molecule has 0 spiro atoms. The highest BCUT2D eigenvalue weighted by Gasteiger charge is 2.08. The fourth-order valence-corrected chi connectivity index (χ4v) is 2.66. The normalized spacial score (nSPS) is 11.5. The molecule has 3 rings (SSSR count). The summed E-state index contributed by atoms with van der Waals surface area (Å²) in [5.74, 6) is 0.430. The number of sulfone groups is 1. The molecular formula is C15H13N3O4S. The minimum Gasteiger partial charge on any atom is -0.471 e. The maximum Gasteiger partial charge on any atom is 0.280 e. The highest BCUT2D eigenvalue weighted by molar-refractivity contribution is 7.90. The monoisotopic (exact) mass is 331 g/mol. The van der Waals surface area contributed by atoms with E-state index in [-0.39, 0.29) is 17.2 Å². The molecule has 0 fully saturated rings. The Labute approximate surface area is 132 Å². The van der Waals surface area contributed by atoms with E-state index in [1.54, 1.807) is 24.3 Å². The highest BCUT2D eigenvalue weighted by Crippen LogP contribution is 2.16. The van der Waals surface area contributed by atoms with Crippen molar-refractivity contribution in [3.05, 3.63) is 58.9 Å². The van der Waals surface area contributed by atoms with Crippen LogP contribution in [0.5, 0.6) is 5.75 Å². The first-order valence-corrected chi connectivity index (χ1v) is 8.60. The summed E-state index contributed by atoms with van der Waals surface area (Å²) in [6.07, 6.45) is 1.13. The number of aromatic nitrogens is 3. The Balaban J connectivity index is 1.81. The van der Waals surface area contributed by atoms with Gasteiger partial charge in [-0.25, -0.2) is 8.42 Å². The first kappa shape index (κ1) is 15.2. The molecule has 1 aromatic heterocycles. The molecule has 0 saturated heterocycles. The number of ether oxygens (including phenoxy) is 1. The molecule has 2 aromatic carbocycles. The average molecular weight is 331 g/mol. The summed E-state index contributed by atoms with van der Waals surface area (Å²) in [6, 6.07) is 12.8. The van der Waals surface area contributed by atoms with E-state index in [1.807, 2.05) is 0 Å². The van der Waals surface area contributed by atoms with E-state index in [0.717, 1.165) is 10.9 Å². The van der Waals surface area contributed by atoms with E-state index in [2.05, 4.69) is 10.3 Å². The average Bonchev–Trinajstić information content (AvgIpc) is 2.54. The van der Waals surface area contributed by atoms with E-state index in [1.165, 1.54) is 24.3 Å². The van der Waals surface area contributed by atoms with Crippen molar-refractivity contribution in [2.45, 2.75) is 11.6 Å². The second kappa shape index (κ2) is 5.81. The van der Waals surface area contributed by atoms with Crippen LogP contribution in [0.4, 0.5) is 0 Å². The van der Waals surface area contributed by atoms with Gasteiger partial charge in [0.1, 0.15) is 11.3 Å². The number of benzene rings is 2. The van der Waals surface area contributed by atoms with Gasteiger partial charge in [0, 0.05) is 6.26 Å². The van der Waals surface area contributed by atoms with E-state index < -0.39 is 9.84 Å². The van der Waals surface area contributed by atoms with E-state index in [9.17, 15) is 13.2 Å². The molecule has 3 aromatic rings. The van der Waals surface area contributed by atoms with Crippen molar-refractivity contribution in [2.75, 3.05) is 6.26 Å². The lowest BCUT2D eigenvalue weighted by molar-refractivity contribution is 0.210. The Bertz CT molecular complexity index is 1010. The molecule has 0 amide bonds. The zero-order valence-electron chi connectivity index (χ0n) is 12.2. The summed E-state index contributed by atoms with van der Waals surface area (Å²) in [4.78, 5) is 12.4. The van der Waals surface area contributed by atoms with Crippen LogP contribution in [0.1, 0.15) is 0 Å². The SMILES string of the molecule is CS(=O)(=O)c1ccc(OCn2nnc3ccccc3c2=O)cc1. The minimum atomic E-state index is -3.25. The lowest BCUT2D eigenvalue weighted by Gasteiger charge is -2.08. The Morgan fingerprint density at radius 1 is 1.09 bits per heavy atom. The predicted molar refractivity (Wildman–Crippen MR) is 84.0 cm³/mol. The number of hydrogen-bond acceptors (Lipinski definition) is 6. The second-order valence-corrected chi connectivity index (χ2v) is 6.94. The predicted octanol–water partition coefficient (Wildman–Crippen LogP) is 1.23. The topological polar surface area (TPSA) is 91.2 Å². The zero-order chi connectivity index (χ0) is 16.4. The fraction of sp³-hybridized carbons (Fsp3) is 0.133. The third kappa shape index (κ3) is 3.21. The Morgan fingerprint density at radius 3 is 2.48 bits per heavy atom. The molecule has 1 heterocycles. The molecule has 0 aliphatic heterocycles. The molecule has 0 atom stereocenters. The van der Waals surface area contributed by atoms with Crippen molar-refractivity contribution in [2.24, 2.45) is 0 Å². The number of hydrogen-bond donors (Lipinski definition) is 0. The van der Waals surface area contributed by atoms with E-state index in [0.29, 0.717) is 16.7 Å². The van der Waals surface area contributed by atoms with Gasteiger partial charge < -0.3 is 4.74 Å². The third-order valence-corrected chi connectivity index (χ3v) is 4.36. The molecule has 8 heteroatoms. The largest absolute Gasteiger partial charge is 0.471 e. The van der Waals surface area contributed by atoms with Gasteiger partial charge in [0.2, 0.25) is 0 Å². The van der Waals surface area contributed by atoms with Crippen molar-refractivity contribution in [3.63, 3.8) is 0 Å². The van der Waals surface area contributed by atoms with Gasteiger partial charge in [0.25, 0.3) is 5.56 Å². The van der Waals surface area contributed by atoms with Crippen LogP contribution in [0, 0.1) is 0 Å². The molecule has 7 nitrogen and oxygen atoms in total. The smallest absolute Gasteiger partial charge is 0.280 e. The quantitative estimate of drug-likeness (QED) is 0.714. The first-order chi connectivity index (χ1) is 10.9. The fourth-order valence-electron chi connectivity index (χ4n) is 2.03. The summed E-state index contributed by atoms with van der Waals surface area (Å²) < 4.78 is 29.3. The van der Waals surface area contributed by atoms with Gasteiger partial charge in [0.15, 0.2) is 16.6 Å². The van der Waals surface area contributed by atoms with Gasteiger partial charge in [-0.05, 0) is 36.4 Å². The molecule has 0 unspecified atom stereocenters.